The number of rotatable bonds is 3. The molecule has 3 heteroatoms. The third-order valence-electron chi connectivity index (χ3n) is 34.7. The van der Waals surface area contributed by atoms with E-state index in [0.29, 0.717) is 0 Å². The van der Waals surface area contributed by atoms with E-state index >= 15 is 0 Å². The summed E-state index contributed by atoms with van der Waals surface area (Å²) in [4.78, 5) is 0. The number of para-hydroxylation sites is 7. The molecule has 3 spiro atoms. The monoisotopic (exact) mass is 1820 g/mol. The number of hydrogen-bond donors (Lipinski definition) is 0. The SMILES string of the molecule is c1ccc2c(c1)-c1cccc3c(-c4ccc5c(c4)-n4c6ccccc6c6cccc(c64)C54c5ccccc5-c5ccccc54)ccc-2c13.c1ccc2c(c1)-c1cccc3c(-c4ccc5c(c4)C4(c6ccccc6-5)c5ccccc5-n5c6ccccc6c6cccc4c65)ccc-2c13.c1ccc2c(c1)-c1cccc3c(-c4ccc5c(c4)C4(c6ccccc6-c6ccccc64)c4cccc6c7ccccc7n-5c46)ccc-2c13. The van der Waals surface area contributed by atoms with Gasteiger partial charge in [0.25, 0.3) is 0 Å². The Morgan fingerprint density at radius 1 is 0.118 bits per heavy atom. The lowest BCUT2D eigenvalue weighted by Gasteiger charge is -2.40. The van der Waals surface area contributed by atoms with E-state index in [1.165, 1.54) is 315 Å². The Morgan fingerprint density at radius 3 is 0.743 bits per heavy atom. The zero-order valence-corrected chi connectivity index (χ0v) is 78.1. The minimum Gasteiger partial charge on any atom is -0.309 e. The third-order valence-corrected chi connectivity index (χ3v) is 34.7. The highest BCUT2D eigenvalue weighted by atomic mass is 15.0. The molecule has 3 aromatic heterocycles. The quantitative estimate of drug-likeness (QED) is 0.167. The van der Waals surface area contributed by atoms with Gasteiger partial charge in [0.1, 0.15) is 0 Å². The molecule has 24 aromatic carbocycles. The Hall–Kier alpha value is -18.5. The first kappa shape index (κ1) is 77.4. The summed E-state index contributed by atoms with van der Waals surface area (Å²) in [5.74, 6) is 0. The molecule has 0 N–H and O–H groups in total. The Bertz CT molecular complexity index is 10400. The molecule has 0 radical (unpaired) electrons. The fourth-order valence-electron chi connectivity index (χ4n) is 29.4. The van der Waals surface area contributed by atoms with Crippen molar-refractivity contribution in [3.8, 4) is 151 Å². The summed E-state index contributed by atoms with van der Waals surface area (Å²) in [5.41, 5.74) is 58.0. The number of fused-ring (bicyclic) bond motifs is 45. The topological polar surface area (TPSA) is 14.8 Å². The van der Waals surface area contributed by atoms with Gasteiger partial charge in [-0.2, -0.15) is 0 Å². The maximum absolute atomic E-state index is 2.56. The van der Waals surface area contributed by atoms with E-state index in [1.54, 1.807) is 0 Å². The van der Waals surface area contributed by atoms with Crippen LogP contribution in [-0.4, -0.2) is 13.7 Å². The summed E-state index contributed by atoms with van der Waals surface area (Å²) in [6, 6.07) is 185. The minimum atomic E-state index is -0.451. The highest BCUT2D eigenvalue weighted by Gasteiger charge is 2.55. The highest BCUT2D eigenvalue weighted by molar-refractivity contribution is 6.24. The lowest BCUT2D eigenvalue weighted by atomic mass is 9.65. The van der Waals surface area contributed by atoms with Gasteiger partial charge in [-0.25, -0.2) is 0 Å². The number of benzene rings is 24. The summed E-state index contributed by atoms with van der Waals surface area (Å²) in [5, 5.41) is 15.9. The molecule has 3 aliphatic heterocycles. The minimum absolute atomic E-state index is 0.422. The molecular formula is C141H81N3. The van der Waals surface area contributed by atoms with Crippen molar-refractivity contribution in [2.24, 2.45) is 0 Å². The highest BCUT2D eigenvalue weighted by Crippen LogP contribution is 2.68. The lowest BCUT2D eigenvalue weighted by molar-refractivity contribution is 0.749. The van der Waals surface area contributed by atoms with Crippen molar-refractivity contribution in [1.82, 2.24) is 13.7 Å². The van der Waals surface area contributed by atoms with Gasteiger partial charge in [0, 0.05) is 32.3 Å². The summed E-state index contributed by atoms with van der Waals surface area (Å²) < 4.78 is 7.62. The standard InChI is InChI=1S/3C47H27N/c1-2-12-31-30(11-1)36-17-9-16-35-29(24-25-37(31)45(35)36)28-23-26-41-44(27-28)48-43-22-8-5-15-34(43)38-18-10-21-42(46(38)48)47(41)39-19-6-3-13-32(39)33-14-4-7-20-40(33)47;1-2-12-31-30(11-1)36-17-9-16-35-29(24-25-37(31)45(35)36)28-23-26-44-42(27-28)47(39-19-6-3-13-32(39)33-14-4-7-20-40(33)47)41-21-10-18-38-34-15-5-8-22-43(34)48(44)46(38)41;1-2-12-31-30(11-1)36-16-9-15-35-29(25-26-37(31)45(35)36)28-23-24-33-32-13-3-5-18-39(32)47(42(33)27-28)40-19-6-8-22-44(40)48-43-21-7-4-14-34(43)38-17-10-20-41(47)46(38)48/h3*1-27H. The molecule has 0 amide bonds. The fourth-order valence-corrected chi connectivity index (χ4v) is 29.4. The maximum atomic E-state index is 2.56. The molecule has 9 aliphatic rings. The van der Waals surface area contributed by atoms with Crippen LogP contribution >= 0.6 is 0 Å². The average Bonchev–Trinajstić information content (AvgIpc) is 1.51. The van der Waals surface area contributed by atoms with Gasteiger partial charge in [-0.3, -0.25) is 0 Å². The smallest absolute Gasteiger partial charge is 0.0754 e. The van der Waals surface area contributed by atoms with Crippen molar-refractivity contribution < 1.29 is 0 Å². The molecular weight excluding hydrogens is 1740 g/mol. The zero-order chi connectivity index (χ0) is 93.4. The van der Waals surface area contributed by atoms with Crippen LogP contribution in [-0.2, 0) is 16.2 Å². The van der Waals surface area contributed by atoms with Gasteiger partial charge >= 0.3 is 0 Å². The van der Waals surface area contributed by atoms with Crippen molar-refractivity contribution in [2.75, 3.05) is 0 Å². The van der Waals surface area contributed by atoms with Gasteiger partial charge in [-0.1, -0.05) is 443 Å². The molecule has 0 saturated heterocycles. The molecule has 6 aliphatic carbocycles. The van der Waals surface area contributed by atoms with E-state index in [-0.39, 0.29) is 0 Å². The number of hydrogen-bond acceptors (Lipinski definition) is 0. The Labute approximate surface area is 830 Å². The third kappa shape index (κ3) is 9.41. The molecule has 36 rings (SSSR count). The maximum Gasteiger partial charge on any atom is 0.0754 e. The van der Waals surface area contributed by atoms with E-state index in [1.807, 2.05) is 0 Å². The van der Waals surface area contributed by atoms with Crippen LogP contribution in [0.5, 0.6) is 0 Å². The van der Waals surface area contributed by atoms with Crippen LogP contribution in [0.3, 0.4) is 0 Å². The van der Waals surface area contributed by atoms with E-state index in [2.05, 4.69) is 505 Å². The second-order valence-electron chi connectivity index (χ2n) is 40.7. The summed E-state index contributed by atoms with van der Waals surface area (Å²) in [7, 11) is 0. The van der Waals surface area contributed by atoms with Crippen molar-refractivity contribution in [3.63, 3.8) is 0 Å². The van der Waals surface area contributed by atoms with E-state index < -0.39 is 16.2 Å². The number of nitrogens with zero attached hydrogens (tertiary/aromatic N) is 3. The molecule has 1 unspecified atom stereocenters. The van der Waals surface area contributed by atoms with Crippen LogP contribution in [0.1, 0.15) is 66.8 Å². The fraction of sp³-hybridized carbons (Fsp3) is 0.0213. The average molecular weight is 1820 g/mol. The Balaban J connectivity index is 0.0000000932. The molecule has 6 heterocycles. The summed E-state index contributed by atoms with van der Waals surface area (Å²) in [6.45, 7) is 0. The van der Waals surface area contributed by atoms with Crippen molar-refractivity contribution in [1.29, 1.82) is 0 Å². The summed E-state index contributed by atoms with van der Waals surface area (Å²) in [6.07, 6.45) is 0. The number of aromatic nitrogens is 3. The van der Waals surface area contributed by atoms with Crippen LogP contribution in [0.15, 0.2) is 491 Å². The van der Waals surface area contributed by atoms with Crippen molar-refractivity contribution in [2.45, 2.75) is 16.2 Å². The largest absolute Gasteiger partial charge is 0.309 e. The molecule has 0 bridgehead atoms. The van der Waals surface area contributed by atoms with Gasteiger partial charge in [0.2, 0.25) is 0 Å². The first-order valence-electron chi connectivity index (χ1n) is 50.6. The van der Waals surface area contributed by atoms with E-state index in [0.717, 1.165) is 0 Å². The molecule has 1 atom stereocenters. The molecule has 660 valence electrons. The van der Waals surface area contributed by atoms with Gasteiger partial charge in [0.05, 0.1) is 66.4 Å². The van der Waals surface area contributed by atoms with Crippen LogP contribution in [0.2, 0.25) is 0 Å². The first-order valence-corrected chi connectivity index (χ1v) is 50.6. The molecule has 0 saturated carbocycles. The van der Waals surface area contributed by atoms with E-state index in [9.17, 15) is 0 Å². The second kappa shape index (κ2) is 28.0. The first-order chi connectivity index (χ1) is 71.5. The van der Waals surface area contributed by atoms with Gasteiger partial charge in [-0.15, -0.1) is 0 Å². The molecule has 27 aromatic rings. The Morgan fingerprint density at radius 2 is 0.347 bits per heavy atom. The predicted molar refractivity (Wildman–Crippen MR) is 597 cm³/mol. The van der Waals surface area contributed by atoms with Gasteiger partial charge in [-0.05, 0) is 281 Å². The second-order valence-corrected chi connectivity index (χ2v) is 40.7. The predicted octanol–water partition coefficient (Wildman–Crippen LogP) is 35.8. The van der Waals surface area contributed by atoms with Gasteiger partial charge in [0.15, 0.2) is 0 Å². The normalized spacial score (nSPS) is 14.7. The van der Waals surface area contributed by atoms with Crippen LogP contribution < -0.4 is 0 Å². The lowest BCUT2D eigenvalue weighted by Crippen LogP contribution is -2.33. The molecule has 3 nitrogen and oxygen atoms in total. The van der Waals surface area contributed by atoms with Crippen molar-refractivity contribution >= 4 is 97.7 Å². The molecule has 0 fully saturated rings. The zero-order valence-electron chi connectivity index (χ0n) is 78.1. The van der Waals surface area contributed by atoms with Crippen molar-refractivity contribution in [3.05, 3.63) is 558 Å². The molecule has 144 heavy (non-hydrogen) atoms. The Kier molecular flexibility index (Phi) is 15.0. The van der Waals surface area contributed by atoms with Crippen LogP contribution in [0.4, 0.5) is 0 Å². The van der Waals surface area contributed by atoms with E-state index in [4.69, 9.17) is 0 Å². The van der Waals surface area contributed by atoms with Gasteiger partial charge < -0.3 is 13.7 Å². The van der Waals surface area contributed by atoms with Crippen LogP contribution in [0, 0.1) is 0 Å². The summed E-state index contributed by atoms with van der Waals surface area (Å²) >= 11 is 0. The van der Waals surface area contributed by atoms with Crippen LogP contribution in [0.25, 0.3) is 248 Å².